The van der Waals surface area contributed by atoms with E-state index in [9.17, 15) is 4.79 Å². The second-order valence-electron chi connectivity index (χ2n) is 3.20. The number of rotatable bonds is 7. The van der Waals surface area contributed by atoms with E-state index in [2.05, 4.69) is 25.9 Å². The van der Waals surface area contributed by atoms with Crippen molar-refractivity contribution in [1.29, 1.82) is 0 Å². The minimum absolute atomic E-state index is 0.0109. The van der Waals surface area contributed by atoms with E-state index in [4.69, 9.17) is 5.73 Å². The number of hydrogen-bond donors (Lipinski definition) is 3. The molecule has 0 radical (unpaired) electrons. The number of nitrogens with two attached hydrogens (primary N) is 1. The van der Waals surface area contributed by atoms with Gasteiger partial charge < -0.3 is 11.1 Å². The minimum Gasteiger partial charge on any atom is -0.349 e. The molecule has 0 aliphatic rings. The highest BCUT2D eigenvalue weighted by atomic mass is 16.1. The van der Waals surface area contributed by atoms with Crippen molar-refractivity contribution in [3.05, 3.63) is 5.82 Å². The van der Waals surface area contributed by atoms with Crippen molar-refractivity contribution in [2.24, 2.45) is 5.73 Å². The van der Waals surface area contributed by atoms with Crippen LogP contribution in [0.25, 0.3) is 0 Å². The Kier molecular flexibility index (Phi) is 5.31. The largest absolute Gasteiger partial charge is 0.349 e. The number of carbonyl (C=O) groups is 1. The molecule has 7 heteroatoms. The van der Waals surface area contributed by atoms with Gasteiger partial charge in [0.1, 0.15) is 0 Å². The molecule has 1 amide bonds. The summed E-state index contributed by atoms with van der Waals surface area (Å²) < 4.78 is 0. The zero-order valence-electron chi connectivity index (χ0n) is 8.57. The van der Waals surface area contributed by atoms with Gasteiger partial charge in [-0.05, 0) is 19.4 Å². The van der Waals surface area contributed by atoms with E-state index < -0.39 is 0 Å². The van der Waals surface area contributed by atoms with Gasteiger partial charge in [-0.25, -0.2) is 0 Å². The Balaban J connectivity index is 2.04. The molecule has 1 aromatic rings. The molecule has 1 heterocycles. The van der Waals surface area contributed by atoms with Crippen molar-refractivity contribution in [3.8, 4) is 0 Å². The van der Waals surface area contributed by atoms with Crippen LogP contribution in [0.15, 0.2) is 0 Å². The van der Waals surface area contributed by atoms with E-state index in [0.29, 0.717) is 25.3 Å². The fraction of sp³-hybridized carbons (Fsp3) is 0.750. The first-order valence-corrected chi connectivity index (χ1v) is 5.02. The van der Waals surface area contributed by atoms with Crippen LogP contribution in [-0.4, -0.2) is 33.1 Å². The maximum Gasteiger partial charge on any atom is 0.220 e. The van der Waals surface area contributed by atoms with Gasteiger partial charge in [0.05, 0.1) is 6.54 Å². The molecule has 1 rings (SSSR count). The summed E-state index contributed by atoms with van der Waals surface area (Å²) in [6.45, 7) is 1.01. The highest BCUT2D eigenvalue weighted by Gasteiger charge is 2.02. The number of nitrogens with zero attached hydrogens (tertiary/aromatic N) is 3. The van der Waals surface area contributed by atoms with E-state index in [0.717, 1.165) is 19.3 Å². The molecule has 84 valence electrons. The molecule has 15 heavy (non-hydrogen) atoms. The Hall–Kier alpha value is -1.50. The summed E-state index contributed by atoms with van der Waals surface area (Å²) in [7, 11) is 0. The highest BCUT2D eigenvalue weighted by Crippen LogP contribution is 1.98. The van der Waals surface area contributed by atoms with Crippen molar-refractivity contribution in [2.75, 3.05) is 6.54 Å². The highest BCUT2D eigenvalue weighted by molar-refractivity contribution is 5.75. The van der Waals surface area contributed by atoms with E-state index in [1.807, 2.05) is 0 Å². The van der Waals surface area contributed by atoms with Crippen LogP contribution in [0, 0.1) is 0 Å². The number of aromatic nitrogens is 4. The SMILES string of the molecule is NCCCCCC(=O)NCc1nn[nH]n1. The number of amides is 1. The van der Waals surface area contributed by atoms with Crippen LogP contribution in [0.4, 0.5) is 0 Å². The summed E-state index contributed by atoms with van der Waals surface area (Å²) in [5.41, 5.74) is 5.34. The lowest BCUT2D eigenvalue weighted by atomic mass is 10.2. The summed E-state index contributed by atoms with van der Waals surface area (Å²) in [5.74, 6) is 0.502. The molecule has 0 bridgehead atoms. The third kappa shape index (κ3) is 5.06. The van der Waals surface area contributed by atoms with Crippen molar-refractivity contribution in [1.82, 2.24) is 25.9 Å². The van der Waals surface area contributed by atoms with Crippen LogP contribution < -0.4 is 11.1 Å². The molecule has 0 aliphatic carbocycles. The summed E-state index contributed by atoms with van der Waals surface area (Å²) in [6.07, 6.45) is 3.36. The maximum atomic E-state index is 11.3. The number of nitrogens with one attached hydrogen (secondary N) is 2. The lowest BCUT2D eigenvalue weighted by Crippen LogP contribution is -2.23. The summed E-state index contributed by atoms with van der Waals surface area (Å²) in [5, 5.41) is 15.8. The van der Waals surface area contributed by atoms with Gasteiger partial charge >= 0.3 is 0 Å². The van der Waals surface area contributed by atoms with E-state index in [1.54, 1.807) is 0 Å². The number of hydrogen-bond acceptors (Lipinski definition) is 5. The first-order chi connectivity index (χ1) is 7.33. The van der Waals surface area contributed by atoms with E-state index in [1.165, 1.54) is 0 Å². The summed E-state index contributed by atoms with van der Waals surface area (Å²) in [4.78, 5) is 11.3. The predicted molar refractivity (Wildman–Crippen MR) is 53.5 cm³/mol. The standard InChI is InChI=1S/C8H16N6O/c9-5-3-1-2-4-8(15)10-6-7-11-13-14-12-7/h1-6,9H2,(H,10,15)(H,11,12,13,14). The molecule has 0 aliphatic heterocycles. The first kappa shape index (κ1) is 11.6. The molecule has 0 saturated carbocycles. The van der Waals surface area contributed by atoms with E-state index >= 15 is 0 Å². The first-order valence-electron chi connectivity index (χ1n) is 5.02. The molecule has 0 fully saturated rings. The Labute approximate surface area is 87.8 Å². The molecule has 0 saturated heterocycles. The second kappa shape index (κ2) is 6.88. The molecular formula is C8H16N6O. The van der Waals surface area contributed by atoms with Crippen LogP contribution >= 0.6 is 0 Å². The van der Waals surface area contributed by atoms with Crippen LogP contribution in [0.5, 0.6) is 0 Å². The maximum absolute atomic E-state index is 11.3. The number of unbranched alkanes of at least 4 members (excludes halogenated alkanes) is 2. The average molecular weight is 212 g/mol. The van der Waals surface area contributed by atoms with Gasteiger partial charge in [0, 0.05) is 6.42 Å². The second-order valence-corrected chi connectivity index (χ2v) is 3.20. The van der Waals surface area contributed by atoms with Crippen LogP contribution in [0.3, 0.4) is 0 Å². The van der Waals surface area contributed by atoms with Crippen LogP contribution in [0.1, 0.15) is 31.5 Å². The fourth-order valence-electron chi connectivity index (χ4n) is 1.13. The van der Waals surface area contributed by atoms with Gasteiger partial charge in [-0.1, -0.05) is 11.6 Å². The van der Waals surface area contributed by atoms with E-state index in [-0.39, 0.29) is 5.91 Å². The average Bonchev–Trinajstić information content (AvgIpc) is 2.74. The molecule has 0 spiro atoms. The molecule has 0 unspecified atom stereocenters. The third-order valence-electron chi connectivity index (χ3n) is 1.94. The lowest BCUT2D eigenvalue weighted by Gasteiger charge is -2.01. The Morgan fingerprint density at radius 1 is 1.40 bits per heavy atom. The summed E-state index contributed by atoms with van der Waals surface area (Å²) in [6, 6.07) is 0. The fourth-order valence-corrected chi connectivity index (χ4v) is 1.13. The van der Waals surface area contributed by atoms with Gasteiger partial charge in [-0.15, -0.1) is 10.2 Å². The van der Waals surface area contributed by atoms with Gasteiger partial charge in [-0.3, -0.25) is 4.79 Å². The quantitative estimate of drug-likeness (QED) is 0.519. The third-order valence-corrected chi connectivity index (χ3v) is 1.94. The molecule has 7 nitrogen and oxygen atoms in total. The van der Waals surface area contributed by atoms with Gasteiger partial charge in [-0.2, -0.15) is 5.21 Å². The zero-order chi connectivity index (χ0) is 10.9. The van der Waals surface area contributed by atoms with Gasteiger partial charge in [0.2, 0.25) is 5.91 Å². The Morgan fingerprint density at radius 2 is 2.27 bits per heavy atom. The van der Waals surface area contributed by atoms with Crippen LogP contribution in [-0.2, 0) is 11.3 Å². The van der Waals surface area contributed by atoms with Crippen molar-refractivity contribution in [2.45, 2.75) is 32.2 Å². The monoisotopic (exact) mass is 212 g/mol. The number of H-pyrrole nitrogens is 1. The van der Waals surface area contributed by atoms with Gasteiger partial charge in [0.15, 0.2) is 5.82 Å². The molecule has 4 N–H and O–H groups in total. The topological polar surface area (TPSA) is 110 Å². The smallest absolute Gasteiger partial charge is 0.220 e. The van der Waals surface area contributed by atoms with Crippen molar-refractivity contribution < 1.29 is 4.79 Å². The summed E-state index contributed by atoms with van der Waals surface area (Å²) >= 11 is 0. The predicted octanol–water partition coefficient (Wildman–Crippen LogP) is -0.665. The Bertz CT molecular complexity index is 273. The van der Waals surface area contributed by atoms with Crippen molar-refractivity contribution >= 4 is 5.91 Å². The molecule has 0 aromatic carbocycles. The molecule has 1 aromatic heterocycles. The number of carbonyl (C=O) groups excluding carboxylic acids is 1. The van der Waals surface area contributed by atoms with Crippen LogP contribution in [0.2, 0.25) is 0 Å². The number of tetrazole rings is 1. The zero-order valence-corrected chi connectivity index (χ0v) is 8.57. The number of aromatic amines is 1. The lowest BCUT2D eigenvalue weighted by molar-refractivity contribution is -0.121. The van der Waals surface area contributed by atoms with Gasteiger partial charge in [0.25, 0.3) is 0 Å². The molecule has 0 atom stereocenters. The Morgan fingerprint density at radius 3 is 2.93 bits per heavy atom. The minimum atomic E-state index is 0.0109. The van der Waals surface area contributed by atoms with Crippen molar-refractivity contribution in [3.63, 3.8) is 0 Å². The normalized spacial score (nSPS) is 10.2. The molecular weight excluding hydrogens is 196 g/mol.